The third kappa shape index (κ3) is 3.23. The molecule has 0 bridgehead atoms. The van der Waals surface area contributed by atoms with Gasteiger partial charge in [-0.1, -0.05) is 18.2 Å². The summed E-state index contributed by atoms with van der Waals surface area (Å²) < 4.78 is 0. The van der Waals surface area contributed by atoms with Crippen molar-refractivity contribution >= 4 is 16.8 Å². The second-order valence-electron chi connectivity index (χ2n) is 6.74. The maximum Gasteiger partial charge on any atom is 0.253 e. The molecule has 0 spiro atoms. The summed E-state index contributed by atoms with van der Waals surface area (Å²) in [5.41, 5.74) is 1.95. The van der Waals surface area contributed by atoms with Gasteiger partial charge in [-0.3, -0.25) is 14.6 Å². The lowest BCUT2D eigenvalue weighted by Crippen LogP contribution is -2.41. The fraction of sp³-hybridized carbons (Fsp3) is 0.250. The van der Waals surface area contributed by atoms with E-state index in [4.69, 9.17) is 0 Å². The summed E-state index contributed by atoms with van der Waals surface area (Å²) >= 11 is 0. The van der Waals surface area contributed by atoms with E-state index < -0.39 is 0 Å². The zero-order valence-corrected chi connectivity index (χ0v) is 14.1. The highest BCUT2D eigenvalue weighted by Gasteiger charge is 2.36. The number of pyridine rings is 2. The van der Waals surface area contributed by atoms with E-state index in [1.54, 1.807) is 6.20 Å². The Hall–Kier alpha value is -2.99. The van der Waals surface area contributed by atoms with Gasteiger partial charge in [-0.2, -0.15) is 0 Å². The summed E-state index contributed by atoms with van der Waals surface area (Å²) in [5, 5.41) is 13.8. The first-order valence-electron chi connectivity index (χ1n) is 8.62. The monoisotopic (exact) mass is 349 g/mol. The van der Waals surface area contributed by atoms with Crippen LogP contribution in [0.5, 0.6) is 0 Å². The zero-order chi connectivity index (χ0) is 18.1. The molecular formula is C20H19N3O3. The summed E-state index contributed by atoms with van der Waals surface area (Å²) in [6.45, 7) is 0. The number of nitrogens with zero attached hydrogens (tertiary/aromatic N) is 1. The molecule has 132 valence electrons. The van der Waals surface area contributed by atoms with Gasteiger partial charge in [-0.05, 0) is 42.5 Å². The minimum Gasteiger partial charge on any atom is -0.393 e. The van der Waals surface area contributed by atoms with Crippen LogP contribution in [0.3, 0.4) is 0 Å². The number of aromatic amines is 1. The van der Waals surface area contributed by atoms with E-state index in [-0.39, 0.29) is 29.5 Å². The number of hydrogen-bond donors (Lipinski definition) is 3. The van der Waals surface area contributed by atoms with Gasteiger partial charge >= 0.3 is 0 Å². The number of carbonyl (C=O) groups is 1. The second kappa shape index (κ2) is 6.72. The Morgan fingerprint density at radius 1 is 1.23 bits per heavy atom. The van der Waals surface area contributed by atoms with E-state index in [0.717, 1.165) is 16.5 Å². The van der Waals surface area contributed by atoms with Gasteiger partial charge in [0.1, 0.15) is 0 Å². The molecule has 0 saturated heterocycles. The molecule has 1 atom stereocenters. The predicted molar refractivity (Wildman–Crippen MR) is 97.7 cm³/mol. The molecule has 2 aromatic heterocycles. The smallest absolute Gasteiger partial charge is 0.253 e. The van der Waals surface area contributed by atoms with Gasteiger partial charge < -0.3 is 15.4 Å². The molecule has 1 aromatic carbocycles. The van der Waals surface area contributed by atoms with Gasteiger partial charge in [0, 0.05) is 23.8 Å². The van der Waals surface area contributed by atoms with Crippen LogP contribution in [0.4, 0.5) is 0 Å². The van der Waals surface area contributed by atoms with Crippen molar-refractivity contribution < 1.29 is 9.90 Å². The number of fused-ring (bicyclic) bond motifs is 1. The molecule has 6 heteroatoms. The van der Waals surface area contributed by atoms with Crippen LogP contribution in [-0.2, 0) is 0 Å². The van der Waals surface area contributed by atoms with Gasteiger partial charge in [0.15, 0.2) is 0 Å². The minimum atomic E-state index is -0.319. The summed E-state index contributed by atoms with van der Waals surface area (Å²) in [6, 6.07) is 12.4. The number of carbonyl (C=O) groups excluding carboxylic acids is 1. The summed E-state index contributed by atoms with van der Waals surface area (Å²) in [6.07, 6.45) is 4.15. The predicted octanol–water partition coefficient (Wildman–Crippen LogP) is 2.17. The van der Waals surface area contributed by atoms with Crippen molar-refractivity contribution in [3.8, 4) is 0 Å². The van der Waals surface area contributed by atoms with Crippen LogP contribution in [0.2, 0.25) is 0 Å². The molecule has 26 heavy (non-hydrogen) atoms. The van der Waals surface area contributed by atoms with Crippen molar-refractivity contribution in [2.45, 2.75) is 25.0 Å². The maximum absolute atomic E-state index is 12.6. The lowest BCUT2D eigenvalue weighted by Gasteiger charge is -2.38. The SMILES string of the molecule is O=C(NC(c1cnc2ccccc2c1)C1CC(O)C1)c1ccc(=O)[nH]c1. The summed E-state index contributed by atoms with van der Waals surface area (Å²) in [5.74, 6) is -0.111. The molecule has 0 aliphatic heterocycles. The van der Waals surface area contributed by atoms with Crippen LogP contribution >= 0.6 is 0 Å². The third-order valence-corrected chi connectivity index (χ3v) is 4.92. The van der Waals surface area contributed by atoms with Gasteiger partial charge in [0.2, 0.25) is 5.56 Å². The number of H-pyrrole nitrogens is 1. The van der Waals surface area contributed by atoms with E-state index in [1.807, 2.05) is 30.3 Å². The molecule has 4 rings (SSSR count). The number of hydrogen-bond acceptors (Lipinski definition) is 4. The topological polar surface area (TPSA) is 95.1 Å². The molecule has 0 radical (unpaired) electrons. The quantitative estimate of drug-likeness (QED) is 0.673. The van der Waals surface area contributed by atoms with E-state index in [0.29, 0.717) is 18.4 Å². The average Bonchev–Trinajstić information content (AvgIpc) is 2.64. The normalized spacial score (nSPS) is 20.3. The first-order chi connectivity index (χ1) is 12.6. The Kier molecular flexibility index (Phi) is 4.26. The average molecular weight is 349 g/mol. The first kappa shape index (κ1) is 16.5. The van der Waals surface area contributed by atoms with Gasteiger partial charge in [-0.15, -0.1) is 0 Å². The highest BCUT2D eigenvalue weighted by Crippen LogP contribution is 2.38. The van der Waals surface area contributed by atoms with E-state index in [2.05, 4.69) is 15.3 Å². The molecule has 1 unspecified atom stereocenters. The van der Waals surface area contributed by atoms with Crippen molar-refractivity contribution in [1.82, 2.24) is 15.3 Å². The molecule has 1 amide bonds. The van der Waals surface area contributed by atoms with Crippen LogP contribution in [0.1, 0.15) is 34.8 Å². The molecule has 6 nitrogen and oxygen atoms in total. The standard InChI is InChI=1S/C20H19N3O3/c24-16-8-14(9-16)19(23-20(26)13-5-6-18(25)22-10-13)15-7-12-3-1-2-4-17(12)21-11-15/h1-7,10-11,14,16,19,24H,8-9H2,(H,22,25)(H,23,26). The summed E-state index contributed by atoms with van der Waals surface area (Å²) in [7, 11) is 0. The van der Waals surface area contributed by atoms with Crippen molar-refractivity contribution in [1.29, 1.82) is 0 Å². The van der Waals surface area contributed by atoms with E-state index in [1.165, 1.54) is 18.3 Å². The summed E-state index contributed by atoms with van der Waals surface area (Å²) in [4.78, 5) is 30.8. The fourth-order valence-electron chi connectivity index (χ4n) is 3.41. The van der Waals surface area contributed by atoms with Crippen molar-refractivity contribution in [3.63, 3.8) is 0 Å². The van der Waals surface area contributed by atoms with E-state index in [9.17, 15) is 14.7 Å². The molecule has 1 aliphatic rings. The first-order valence-corrected chi connectivity index (χ1v) is 8.62. The molecule has 3 aromatic rings. The maximum atomic E-state index is 12.6. The minimum absolute atomic E-state index is 0.152. The second-order valence-corrected chi connectivity index (χ2v) is 6.74. The van der Waals surface area contributed by atoms with Gasteiger partial charge in [0.05, 0.1) is 23.2 Å². The van der Waals surface area contributed by atoms with Crippen LogP contribution < -0.4 is 10.9 Å². The Morgan fingerprint density at radius 3 is 2.77 bits per heavy atom. The largest absolute Gasteiger partial charge is 0.393 e. The highest BCUT2D eigenvalue weighted by atomic mass is 16.3. The Balaban J connectivity index is 1.64. The fourth-order valence-corrected chi connectivity index (χ4v) is 3.41. The van der Waals surface area contributed by atoms with E-state index >= 15 is 0 Å². The van der Waals surface area contributed by atoms with Crippen LogP contribution in [0, 0.1) is 5.92 Å². The van der Waals surface area contributed by atoms with Crippen molar-refractivity contribution in [3.05, 3.63) is 76.3 Å². The number of rotatable bonds is 4. The number of nitrogens with one attached hydrogen (secondary N) is 2. The Labute approximate surface area is 149 Å². The van der Waals surface area contributed by atoms with Crippen LogP contribution in [0.15, 0.2) is 59.7 Å². The molecule has 1 saturated carbocycles. The van der Waals surface area contributed by atoms with Crippen LogP contribution in [-0.4, -0.2) is 27.1 Å². The molecule has 1 fully saturated rings. The molecule has 1 aliphatic carbocycles. The molecule has 3 N–H and O–H groups in total. The molecular weight excluding hydrogens is 330 g/mol. The highest BCUT2D eigenvalue weighted by molar-refractivity contribution is 5.94. The third-order valence-electron chi connectivity index (χ3n) is 4.92. The number of aliphatic hydroxyl groups is 1. The number of aliphatic hydroxyl groups excluding tert-OH is 1. The van der Waals surface area contributed by atoms with Crippen molar-refractivity contribution in [2.24, 2.45) is 5.92 Å². The lowest BCUT2D eigenvalue weighted by atomic mass is 9.75. The molecule has 2 heterocycles. The van der Waals surface area contributed by atoms with Crippen molar-refractivity contribution in [2.75, 3.05) is 0 Å². The number of para-hydroxylation sites is 1. The number of aromatic nitrogens is 2. The van der Waals surface area contributed by atoms with Crippen LogP contribution in [0.25, 0.3) is 10.9 Å². The van der Waals surface area contributed by atoms with Gasteiger partial charge in [-0.25, -0.2) is 0 Å². The Bertz CT molecular complexity index is 988. The Morgan fingerprint density at radius 2 is 2.04 bits per heavy atom. The number of amides is 1. The lowest BCUT2D eigenvalue weighted by molar-refractivity contribution is 0.0235. The number of benzene rings is 1. The zero-order valence-electron chi connectivity index (χ0n) is 14.1. The van der Waals surface area contributed by atoms with Gasteiger partial charge in [0.25, 0.3) is 5.91 Å².